The van der Waals surface area contributed by atoms with Crippen molar-refractivity contribution in [2.24, 2.45) is 5.73 Å². The van der Waals surface area contributed by atoms with Crippen LogP contribution in [0.25, 0.3) is 0 Å². The topological polar surface area (TPSA) is 35.2 Å². The summed E-state index contributed by atoms with van der Waals surface area (Å²) in [4.78, 5) is 1.12. The highest BCUT2D eigenvalue weighted by atomic mass is 35.5. The Morgan fingerprint density at radius 3 is 2.72 bits per heavy atom. The van der Waals surface area contributed by atoms with Gasteiger partial charge in [0.15, 0.2) is 0 Å². The van der Waals surface area contributed by atoms with E-state index in [1.165, 1.54) is 5.56 Å². The molecule has 1 heterocycles. The van der Waals surface area contributed by atoms with Gasteiger partial charge in [0.05, 0.1) is 5.02 Å². The Balaban J connectivity index is 2.26. The second-order valence-corrected chi connectivity index (χ2v) is 5.59. The summed E-state index contributed by atoms with van der Waals surface area (Å²) in [6.07, 6.45) is -0.194. The molecule has 0 radical (unpaired) electrons. The lowest BCUT2D eigenvalue weighted by atomic mass is 10.2. The summed E-state index contributed by atoms with van der Waals surface area (Å²) in [5.74, 6) is 0.562. The molecule has 1 aromatic heterocycles. The van der Waals surface area contributed by atoms with Crippen molar-refractivity contribution in [2.45, 2.75) is 13.0 Å². The largest absolute Gasteiger partial charge is 0.482 e. The standard InChI is InChI=1S/C13H13Cl2NOS/c1-8-5-6-18-13(8)11(7-16)17-10-4-2-3-9(14)12(10)15/h2-6,11H,7,16H2,1H3. The number of nitrogens with two attached hydrogens (primary N) is 1. The van der Waals surface area contributed by atoms with Crippen molar-refractivity contribution in [1.82, 2.24) is 0 Å². The molecule has 18 heavy (non-hydrogen) atoms. The van der Waals surface area contributed by atoms with Gasteiger partial charge in [0.25, 0.3) is 0 Å². The molecule has 0 aliphatic heterocycles. The maximum Gasteiger partial charge on any atom is 0.145 e. The van der Waals surface area contributed by atoms with Crippen LogP contribution in [0.5, 0.6) is 5.75 Å². The number of halogens is 2. The molecule has 0 aliphatic carbocycles. The Bertz CT molecular complexity index is 542. The van der Waals surface area contributed by atoms with E-state index in [4.69, 9.17) is 33.7 Å². The van der Waals surface area contributed by atoms with E-state index in [-0.39, 0.29) is 6.10 Å². The number of aryl methyl sites for hydroxylation is 1. The molecule has 5 heteroatoms. The van der Waals surface area contributed by atoms with E-state index in [0.717, 1.165) is 4.88 Å². The van der Waals surface area contributed by atoms with E-state index in [9.17, 15) is 0 Å². The zero-order valence-electron chi connectivity index (χ0n) is 9.82. The van der Waals surface area contributed by atoms with Crippen LogP contribution in [0.3, 0.4) is 0 Å². The minimum atomic E-state index is -0.194. The first-order chi connectivity index (χ1) is 8.63. The molecular formula is C13H13Cl2NOS. The highest BCUT2D eigenvalue weighted by Gasteiger charge is 2.17. The lowest BCUT2D eigenvalue weighted by Gasteiger charge is -2.18. The smallest absolute Gasteiger partial charge is 0.145 e. The summed E-state index contributed by atoms with van der Waals surface area (Å²) in [6, 6.07) is 7.37. The molecule has 2 aromatic rings. The van der Waals surface area contributed by atoms with Crippen LogP contribution in [-0.2, 0) is 0 Å². The fraction of sp³-hybridized carbons (Fsp3) is 0.231. The predicted molar refractivity (Wildman–Crippen MR) is 77.9 cm³/mol. The van der Waals surface area contributed by atoms with E-state index >= 15 is 0 Å². The molecule has 1 aromatic carbocycles. The molecule has 0 fully saturated rings. The Hall–Kier alpha value is -0.740. The Morgan fingerprint density at radius 1 is 1.33 bits per heavy atom. The number of hydrogen-bond donors (Lipinski definition) is 1. The summed E-state index contributed by atoms with van der Waals surface area (Å²) in [5.41, 5.74) is 6.95. The summed E-state index contributed by atoms with van der Waals surface area (Å²) in [5, 5.41) is 2.93. The molecule has 0 saturated heterocycles. The van der Waals surface area contributed by atoms with Crippen LogP contribution in [0.15, 0.2) is 29.6 Å². The molecule has 1 atom stereocenters. The first kappa shape index (κ1) is 13.7. The van der Waals surface area contributed by atoms with Crippen LogP contribution < -0.4 is 10.5 Å². The molecule has 2 nitrogen and oxygen atoms in total. The summed E-state index contributed by atoms with van der Waals surface area (Å²) < 4.78 is 5.87. The Labute approximate surface area is 120 Å². The predicted octanol–water partition coefficient (Wildman–Crippen LogP) is 4.44. The van der Waals surface area contributed by atoms with Crippen LogP contribution in [0, 0.1) is 6.92 Å². The normalized spacial score (nSPS) is 12.4. The Morgan fingerprint density at radius 2 is 2.11 bits per heavy atom. The number of benzene rings is 1. The number of rotatable bonds is 4. The van der Waals surface area contributed by atoms with Crippen LogP contribution >= 0.6 is 34.5 Å². The van der Waals surface area contributed by atoms with Gasteiger partial charge >= 0.3 is 0 Å². The van der Waals surface area contributed by atoms with E-state index in [1.54, 1.807) is 29.5 Å². The van der Waals surface area contributed by atoms with Gasteiger partial charge in [0.1, 0.15) is 16.9 Å². The monoisotopic (exact) mass is 301 g/mol. The quantitative estimate of drug-likeness (QED) is 0.906. The molecular weight excluding hydrogens is 289 g/mol. The van der Waals surface area contributed by atoms with Crippen LogP contribution in [0.4, 0.5) is 0 Å². The second kappa shape index (κ2) is 5.93. The summed E-state index contributed by atoms with van der Waals surface area (Å²) in [6.45, 7) is 2.43. The average molecular weight is 302 g/mol. The SMILES string of the molecule is Cc1ccsc1C(CN)Oc1cccc(Cl)c1Cl. The van der Waals surface area contributed by atoms with Gasteiger partial charge in [-0.05, 0) is 36.1 Å². The molecule has 0 bridgehead atoms. The zero-order valence-corrected chi connectivity index (χ0v) is 12.1. The summed E-state index contributed by atoms with van der Waals surface area (Å²) >= 11 is 13.7. The third-order valence-corrected chi connectivity index (χ3v) is 4.51. The number of ether oxygens (including phenoxy) is 1. The van der Waals surface area contributed by atoms with Crippen molar-refractivity contribution in [3.63, 3.8) is 0 Å². The van der Waals surface area contributed by atoms with Crippen LogP contribution in [0.1, 0.15) is 16.5 Å². The van der Waals surface area contributed by atoms with Crippen molar-refractivity contribution in [2.75, 3.05) is 6.54 Å². The number of thiophene rings is 1. The van der Waals surface area contributed by atoms with Gasteiger partial charge in [-0.15, -0.1) is 11.3 Å². The second-order valence-electron chi connectivity index (χ2n) is 3.86. The maximum atomic E-state index is 6.10. The van der Waals surface area contributed by atoms with E-state index < -0.39 is 0 Å². The minimum absolute atomic E-state index is 0.194. The van der Waals surface area contributed by atoms with Crippen molar-refractivity contribution in [1.29, 1.82) is 0 Å². The summed E-state index contributed by atoms with van der Waals surface area (Å²) in [7, 11) is 0. The van der Waals surface area contributed by atoms with Gasteiger partial charge in [0, 0.05) is 11.4 Å². The highest BCUT2D eigenvalue weighted by Crippen LogP contribution is 2.35. The van der Waals surface area contributed by atoms with Crippen molar-refractivity contribution in [3.05, 3.63) is 50.1 Å². The third kappa shape index (κ3) is 2.81. The molecule has 2 N–H and O–H groups in total. The minimum Gasteiger partial charge on any atom is -0.482 e. The lowest BCUT2D eigenvalue weighted by Crippen LogP contribution is -2.18. The van der Waals surface area contributed by atoms with Crippen molar-refractivity contribution in [3.8, 4) is 5.75 Å². The van der Waals surface area contributed by atoms with E-state index in [0.29, 0.717) is 22.3 Å². The van der Waals surface area contributed by atoms with Gasteiger partial charge in [-0.3, -0.25) is 0 Å². The maximum absolute atomic E-state index is 6.10. The van der Waals surface area contributed by atoms with Crippen molar-refractivity contribution < 1.29 is 4.74 Å². The fourth-order valence-electron chi connectivity index (χ4n) is 1.65. The Kier molecular flexibility index (Phi) is 4.51. The average Bonchev–Trinajstić information content (AvgIpc) is 2.77. The van der Waals surface area contributed by atoms with Crippen LogP contribution in [-0.4, -0.2) is 6.54 Å². The highest BCUT2D eigenvalue weighted by molar-refractivity contribution is 7.10. The van der Waals surface area contributed by atoms with Gasteiger partial charge in [-0.2, -0.15) is 0 Å². The molecule has 0 spiro atoms. The lowest BCUT2D eigenvalue weighted by molar-refractivity contribution is 0.217. The molecule has 2 rings (SSSR count). The van der Waals surface area contributed by atoms with Gasteiger partial charge < -0.3 is 10.5 Å². The van der Waals surface area contributed by atoms with E-state index in [2.05, 4.69) is 0 Å². The van der Waals surface area contributed by atoms with E-state index in [1.807, 2.05) is 18.4 Å². The molecule has 0 aliphatic rings. The van der Waals surface area contributed by atoms with Gasteiger partial charge in [-0.1, -0.05) is 29.3 Å². The molecule has 96 valence electrons. The first-order valence-corrected chi connectivity index (χ1v) is 7.11. The molecule has 1 unspecified atom stereocenters. The van der Waals surface area contributed by atoms with Gasteiger partial charge in [0.2, 0.25) is 0 Å². The fourth-order valence-corrected chi connectivity index (χ4v) is 2.96. The zero-order chi connectivity index (χ0) is 13.1. The number of hydrogen-bond acceptors (Lipinski definition) is 3. The van der Waals surface area contributed by atoms with Crippen molar-refractivity contribution >= 4 is 34.5 Å². The first-order valence-electron chi connectivity index (χ1n) is 5.48. The third-order valence-electron chi connectivity index (χ3n) is 2.59. The van der Waals surface area contributed by atoms with Crippen LogP contribution in [0.2, 0.25) is 10.0 Å². The molecule has 0 amide bonds. The molecule has 0 saturated carbocycles. The van der Waals surface area contributed by atoms with Gasteiger partial charge in [-0.25, -0.2) is 0 Å².